The molecule has 120 valence electrons. The number of benzene rings is 1. The Morgan fingerprint density at radius 2 is 1.90 bits per heavy atom. The van der Waals surface area contributed by atoms with Crippen molar-refractivity contribution in [2.75, 3.05) is 13.1 Å². The van der Waals surface area contributed by atoms with E-state index in [1.807, 2.05) is 39.8 Å². The van der Waals surface area contributed by atoms with E-state index in [-0.39, 0.29) is 6.04 Å². The summed E-state index contributed by atoms with van der Waals surface area (Å²) in [5.74, 6) is 0. The molecule has 1 rings (SSSR count). The smallest absolute Gasteiger partial charge is 0.243 e. The van der Waals surface area contributed by atoms with Gasteiger partial charge in [0.25, 0.3) is 0 Å². The van der Waals surface area contributed by atoms with E-state index in [0.29, 0.717) is 18.0 Å². The van der Waals surface area contributed by atoms with Crippen molar-refractivity contribution in [1.29, 1.82) is 0 Å². The molecule has 0 saturated carbocycles. The van der Waals surface area contributed by atoms with Gasteiger partial charge >= 0.3 is 0 Å². The van der Waals surface area contributed by atoms with Crippen molar-refractivity contribution in [2.24, 2.45) is 0 Å². The third kappa shape index (κ3) is 4.28. The normalized spacial score (nSPS) is 12.3. The minimum absolute atomic E-state index is 0.0405. The summed E-state index contributed by atoms with van der Waals surface area (Å²) in [6.45, 7) is 11.8. The van der Waals surface area contributed by atoms with Gasteiger partial charge in [-0.05, 0) is 50.9 Å². The summed E-state index contributed by atoms with van der Waals surface area (Å²) in [7, 11) is -3.43. The Kier molecular flexibility index (Phi) is 6.84. The maximum Gasteiger partial charge on any atom is 0.243 e. The van der Waals surface area contributed by atoms with Crippen LogP contribution in [0.5, 0.6) is 0 Å². The summed E-state index contributed by atoms with van der Waals surface area (Å²) >= 11 is 0. The Bertz CT molecular complexity index is 553. The predicted octanol–water partition coefficient (Wildman–Crippen LogP) is 2.91. The molecule has 0 aromatic heterocycles. The van der Waals surface area contributed by atoms with Crippen molar-refractivity contribution in [1.82, 2.24) is 9.62 Å². The fraction of sp³-hybridized carbons (Fsp3) is 0.625. The second kappa shape index (κ2) is 7.92. The molecule has 21 heavy (non-hydrogen) atoms. The zero-order chi connectivity index (χ0) is 16.0. The topological polar surface area (TPSA) is 49.4 Å². The Labute approximate surface area is 129 Å². The highest BCUT2D eigenvalue weighted by Crippen LogP contribution is 2.24. The second-order valence-corrected chi connectivity index (χ2v) is 7.38. The summed E-state index contributed by atoms with van der Waals surface area (Å²) in [6, 6.07) is 5.49. The standard InChI is InChI=1S/C16H28N2O2S/c1-6-11-17-12-15-9-8-10-16(14(15)5)21(19,20)18(7-2)13(3)4/h8-10,13,17H,6-7,11-12H2,1-5H3. The van der Waals surface area contributed by atoms with Crippen LogP contribution in [0.2, 0.25) is 0 Å². The third-order valence-electron chi connectivity index (χ3n) is 3.61. The number of sulfonamides is 1. The van der Waals surface area contributed by atoms with Gasteiger partial charge in [-0.15, -0.1) is 0 Å². The maximum atomic E-state index is 12.8. The van der Waals surface area contributed by atoms with Crippen LogP contribution in [0.25, 0.3) is 0 Å². The van der Waals surface area contributed by atoms with Crippen molar-refractivity contribution in [2.45, 2.75) is 58.5 Å². The average Bonchev–Trinajstić information content (AvgIpc) is 2.40. The molecule has 4 nitrogen and oxygen atoms in total. The summed E-state index contributed by atoms with van der Waals surface area (Å²) in [5.41, 5.74) is 1.89. The largest absolute Gasteiger partial charge is 0.313 e. The molecule has 5 heteroatoms. The summed E-state index contributed by atoms with van der Waals surface area (Å²) in [6.07, 6.45) is 1.06. The molecule has 0 unspecified atom stereocenters. The van der Waals surface area contributed by atoms with Gasteiger partial charge in [0, 0.05) is 19.1 Å². The Morgan fingerprint density at radius 1 is 1.24 bits per heavy atom. The van der Waals surface area contributed by atoms with Crippen LogP contribution in [0, 0.1) is 6.92 Å². The van der Waals surface area contributed by atoms with Crippen LogP contribution in [-0.4, -0.2) is 31.9 Å². The lowest BCUT2D eigenvalue weighted by Crippen LogP contribution is -2.37. The monoisotopic (exact) mass is 312 g/mol. The highest BCUT2D eigenvalue weighted by molar-refractivity contribution is 7.89. The van der Waals surface area contributed by atoms with Gasteiger partial charge in [0.15, 0.2) is 0 Å². The fourth-order valence-electron chi connectivity index (χ4n) is 2.47. The van der Waals surface area contributed by atoms with E-state index < -0.39 is 10.0 Å². The zero-order valence-electron chi connectivity index (χ0n) is 13.8. The number of rotatable bonds is 8. The van der Waals surface area contributed by atoms with Gasteiger partial charge in [0.1, 0.15) is 0 Å². The first-order valence-corrected chi connectivity index (χ1v) is 9.11. The number of hydrogen-bond donors (Lipinski definition) is 1. The first-order valence-electron chi connectivity index (χ1n) is 7.67. The van der Waals surface area contributed by atoms with Crippen molar-refractivity contribution in [3.63, 3.8) is 0 Å². The molecule has 0 fully saturated rings. The van der Waals surface area contributed by atoms with Gasteiger partial charge in [0.05, 0.1) is 4.90 Å². The highest BCUT2D eigenvalue weighted by atomic mass is 32.2. The minimum Gasteiger partial charge on any atom is -0.313 e. The number of nitrogens with one attached hydrogen (secondary N) is 1. The lowest BCUT2D eigenvalue weighted by atomic mass is 10.1. The molecule has 1 aromatic carbocycles. The van der Waals surface area contributed by atoms with Crippen molar-refractivity contribution >= 4 is 10.0 Å². The molecule has 0 amide bonds. The van der Waals surface area contributed by atoms with Crippen LogP contribution >= 0.6 is 0 Å². The quantitative estimate of drug-likeness (QED) is 0.751. The summed E-state index contributed by atoms with van der Waals surface area (Å²) in [5, 5.41) is 3.33. The predicted molar refractivity (Wildman–Crippen MR) is 87.9 cm³/mol. The van der Waals surface area contributed by atoms with E-state index >= 15 is 0 Å². The zero-order valence-corrected chi connectivity index (χ0v) is 14.6. The van der Waals surface area contributed by atoms with Gasteiger partial charge in [-0.3, -0.25) is 0 Å². The van der Waals surface area contributed by atoms with Gasteiger partial charge in [-0.25, -0.2) is 8.42 Å². The van der Waals surface area contributed by atoms with Gasteiger partial charge < -0.3 is 5.32 Å². The van der Waals surface area contributed by atoms with E-state index in [0.717, 1.165) is 24.1 Å². The molecule has 0 aliphatic carbocycles. The van der Waals surface area contributed by atoms with Crippen molar-refractivity contribution in [3.8, 4) is 0 Å². The van der Waals surface area contributed by atoms with Crippen LogP contribution < -0.4 is 5.32 Å². The van der Waals surface area contributed by atoms with Crippen LogP contribution in [0.1, 0.15) is 45.2 Å². The molecular formula is C16H28N2O2S. The van der Waals surface area contributed by atoms with Gasteiger partial charge in [-0.1, -0.05) is 26.0 Å². The molecule has 0 radical (unpaired) electrons. The third-order valence-corrected chi connectivity index (χ3v) is 5.91. The molecule has 1 N–H and O–H groups in total. The lowest BCUT2D eigenvalue weighted by molar-refractivity contribution is 0.369. The lowest BCUT2D eigenvalue weighted by Gasteiger charge is -2.25. The molecule has 1 aromatic rings. The molecule has 0 bridgehead atoms. The Hall–Kier alpha value is -0.910. The van der Waals surface area contributed by atoms with E-state index in [4.69, 9.17) is 0 Å². The van der Waals surface area contributed by atoms with Crippen LogP contribution in [-0.2, 0) is 16.6 Å². The van der Waals surface area contributed by atoms with Crippen LogP contribution in [0.4, 0.5) is 0 Å². The average molecular weight is 312 g/mol. The van der Waals surface area contributed by atoms with Gasteiger partial charge in [-0.2, -0.15) is 4.31 Å². The van der Waals surface area contributed by atoms with Crippen LogP contribution in [0.3, 0.4) is 0 Å². The van der Waals surface area contributed by atoms with E-state index in [2.05, 4.69) is 12.2 Å². The van der Waals surface area contributed by atoms with E-state index in [9.17, 15) is 8.42 Å². The number of nitrogens with zero attached hydrogens (tertiary/aromatic N) is 1. The summed E-state index contributed by atoms with van der Waals surface area (Å²) < 4.78 is 27.2. The SMILES string of the molecule is CCCNCc1cccc(S(=O)(=O)N(CC)C(C)C)c1C. The molecular weight excluding hydrogens is 284 g/mol. The second-order valence-electron chi connectivity index (χ2n) is 5.52. The van der Waals surface area contributed by atoms with Gasteiger partial charge in [0.2, 0.25) is 10.0 Å². The van der Waals surface area contributed by atoms with Crippen molar-refractivity contribution in [3.05, 3.63) is 29.3 Å². The first-order chi connectivity index (χ1) is 9.86. The molecule has 0 spiro atoms. The molecule has 0 aliphatic heterocycles. The maximum absolute atomic E-state index is 12.8. The minimum atomic E-state index is -3.43. The Morgan fingerprint density at radius 3 is 2.43 bits per heavy atom. The molecule has 0 atom stereocenters. The Balaban J connectivity index is 3.16. The molecule has 0 heterocycles. The number of hydrogen-bond acceptors (Lipinski definition) is 3. The molecule has 0 aliphatic rings. The first kappa shape index (κ1) is 18.1. The van der Waals surface area contributed by atoms with Crippen LogP contribution in [0.15, 0.2) is 23.1 Å². The molecule has 0 saturated heterocycles. The fourth-order valence-corrected chi connectivity index (χ4v) is 4.39. The highest BCUT2D eigenvalue weighted by Gasteiger charge is 2.27. The summed E-state index contributed by atoms with van der Waals surface area (Å²) in [4.78, 5) is 0.425. The van der Waals surface area contributed by atoms with Crippen molar-refractivity contribution < 1.29 is 8.42 Å². The van der Waals surface area contributed by atoms with E-state index in [1.165, 1.54) is 0 Å². The van der Waals surface area contributed by atoms with E-state index in [1.54, 1.807) is 10.4 Å².